The fourth-order valence-electron chi connectivity index (χ4n) is 4.13. The lowest BCUT2D eigenvalue weighted by atomic mass is 9.93. The van der Waals surface area contributed by atoms with Gasteiger partial charge in [-0.05, 0) is 61.2 Å². The fourth-order valence-corrected chi connectivity index (χ4v) is 4.13. The van der Waals surface area contributed by atoms with Gasteiger partial charge in [0.05, 0.1) is 12.8 Å². The lowest BCUT2D eigenvalue weighted by Gasteiger charge is -2.32. The Hall–Kier alpha value is -3.21. The second kappa shape index (κ2) is 9.73. The minimum atomic E-state index is -0.268. The Balaban J connectivity index is 1.40. The van der Waals surface area contributed by atoms with Crippen LogP contribution in [0.4, 0.5) is 4.39 Å². The summed E-state index contributed by atoms with van der Waals surface area (Å²) in [7, 11) is 1.65. The molecule has 1 unspecified atom stereocenters. The molecule has 0 bridgehead atoms. The van der Waals surface area contributed by atoms with Crippen molar-refractivity contribution >= 4 is 5.91 Å². The topological polar surface area (TPSA) is 42.4 Å². The molecular formula is C26H27FN2O2. The molecule has 3 aromatic rings. The van der Waals surface area contributed by atoms with Crippen molar-refractivity contribution in [1.29, 1.82) is 0 Å². The van der Waals surface area contributed by atoms with Crippen LogP contribution in [0.3, 0.4) is 0 Å². The zero-order valence-electron chi connectivity index (χ0n) is 17.8. The van der Waals surface area contributed by atoms with E-state index in [2.05, 4.69) is 0 Å². The van der Waals surface area contributed by atoms with E-state index < -0.39 is 0 Å². The van der Waals surface area contributed by atoms with Crippen molar-refractivity contribution in [2.75, 3.05) is 20.2 Å². The number of benzene rings is 2. The third-order valence-electron chi connectivity index (χ3n) is 5.87. The predicted molar refractivity (Wildman–Crippen MR) is 120 cm³/mol. The van der Waals surface area contributed by atoms with E-state index in [1.54, 1.807) is 13.2 Å². The molecule has 1 aliphatic heterocycles. The fraction of sp³-hybridized carbons (Fsp3) is 0.308. The summed E-state index contributed by atoms with van der Waals surface area (Å²) >= 11 is 0. The van der Waals surface area contributed by atoms with Crippen molar-refractivity contribution in [1.82, 2.24) is 9.88 Å². The number of hydrogen-bond donors (Lipinski definition) is 0. The number of halogens is 1. The van der Waals surface area contributed by atoms with Crippen molar-refractivity contribution in [3.63, 3.8) is 0 Å². The summed E-state index contributed by atoms with van der Waals surface area (Å²) in [5, 5.41) is 0. The molecule has 160 valence electrons. The number of ether oxygens (including phenoxy) is 1. The van der Waals surface area contributed by atoms with Crippen LogP contribution in [0.15, 0.2) is 66.7 Å². The maximum atomic E-state index is 13.6. The number of pyridine rings is 1. The number of rotatable bonds is 6. The van der Waals surface area contributed by atoms with Gasteiger partial charge < -0.3 is 9.64 Å². The Labute approximate surface area is 182 Å². The average Bonchev–Trinajstić information content (AvgIpc) is 2.83. The molecule has 5 heteroatoms. The van der Waals surface area contributed by atoms with Crippen molar-refractivity contribution in [3.05, 3.63) is 83.8 Å². The number of carbonyl (C=O) groups excluding carboxylic acids is 1. The summed E-state index contributed by atoms with van der Waals surface area (Å²) in [5.74, 6) is 0.937. The van der Waals surface area contributed by atoms with Gasteiger partial charge in [0.1, 0.15) is 11.6 Å². The smallest absolute Gasteiger partial charge is 0.222 e. The van der Waals surface area contributed by atoms with Gasteiger partial charge in [-0.1, -0.05) is 30.3 Å². The minimum absolute atomic E-state index is 0.182. The summed E-state index contributed by atoms with van der Waals surface area (Å²) < 4.78 is 18.8. The Kier molecular flexibility index (Phi) is 6.60. The molecule has 1 fully saturated rings. The van der Waals surface area contributed by atoms with Gasteiger partial charge in [0.15, 0.2) is 0 Å². The van der Waals surface area contributed by atoms with Gasteiger partial charge in [-0.2, -0.15) is 0 Å². The van der Waals surface area contributed by atoms with Gasteiger partial charge in [0, 0.05) is 36.7 Å². The molecular weight excluding hydrogens is 391 g/mol. The molecule has 4 rings (SSSR count). The molecule has 0 spiro atoms. The van der Waals surface area contributed by atoms with Crippen LogP contribution < -0.4 is 4.74 Å². The Morgan fingerprint density at radius 2 is 1.94 bits per heavy atom. The van der Waals surface area contributed by atoms with Crippen molar-refractivity contribution in [2.24, 2.45) is 0 Å². The molecule has 4 nitrogen and oxygen atoms in total. The first-order valence-corrected chi connectivity index (χ1v) is 10.8. The first-order chi connectivity index (χ1) is 15.1. The lowest BCUT2D eigenvalue weighted by molar-refractivity contribution is -0.132. The predicted octanol–water partition coefficient (Wildman–Crippen LogP) is 5.24. The summed E-state index contributed by atoms with van der Waals surface area (Å²) in [6.07, 6.45) is 3.18. The summed E-state index contributed by atoms with van der Waals surface area (Å²) in [4.78, 5) is 19.6. The Bertz CT molecular complexity index is 1040. The molecule has 1 saturated heterocycles. The van der Waals surface area contributed by atoms with E-state index >= 15 is 0 Å². The number of nitrogens with zero attached hydrogens (tertiary/aromatic N) is 2. The molecule has 1 aromatic heterocycles. The van der Waals surface area contributed by atoms with E-state index in [1.165, 1.54) is 12.1 Å². The largest absolute Gasteiger partial charge is 0.497 e. The maximum absolute atomic E-state index is 13.6. The monoisotopic (exact) mass is 418 g/mol. The quantitative estimate of drug-likeness (QED) is 0.550. The highest BCUT2D eigenvalue weighted by atomic mass is 19.1. The average molecular weight is 419 g/mol. The first kappa shape index (κ1) is 21.0. The van der Waals surface area contributed by atoms with Crippen LogP contribution in [0.2, 0.25) is 0 Å². The molecule has 0 radical (unpaired) electrons. The van der Waals surface area contributed by atoms with Crippen molar-refractivity contribution in [3.8, 4) is 17.0 Å². The Morgan fingerprint density at radius 1 is 1.13 bits per heavy atom. The third kappa shape index (κ3) is 5.29. The van der Waals surface area contributed by atoms with E-state index in [-0.39, 0.29) is 17.6 Å². The molecule has 2 heterocycles. The van der Waals surface area contributed by atoms with Gasteiger partial charge in [-0.15, -0.1) is 0 Å². The number of carbonyl (C=O) groups is 1. The molecule has 1 aliphatic rings. The third-order valence-corrected chi connectivity index (χ3v) is 5.87. The molecule has 2 aromatic carbocycles. The molecule has 1 atom stereocenters. The number of hydrogen-bond acceptors (Lipinski definition) is 3. The number of amides is 1. The molecule has 0 aliphatic carbocycles. The zero-order valence-corrected chi connectivity index (χ0v) is 17.8. The highest BCUT2D eigenvalue weighted by Gasteiger charge is 2.25. The first-order valence-electron chi connectivity index (χ1n) is 10.8. The van der Waals surface area contributed by atoms with Crippen LogP contribution in [0, 0.1) is 5.82 Å². The second-order valence-corrected chi connectivity index (χ2v) is 7.99. The van der Waals surface area contributed by atoms with Gasteiger partial charge in [0.2, 0.25) is 5.91 Å². The van der Waals surface area contributed by atoms with E-state index in [0.717, 1.165) is 54.1 Å². The van der Waals surface area contributed by atoms with Gasteiger partial charge in [-0.3, -0.25) is 9.78 Å². The normalized spacial score (nSPS) is 16.2. The summed E-state index contributed by atoms with van der Waals surface area (Å²) in [6, 6.07) is 20.2. The van der Waals surface area contributed by atoms with Crippen LogP contribution in [0.5, 0.6) is 5.75 Å². The number of aryl methyl sites for hydroxylation is 1. The van der Waals surface area contributed by atoms with Gasteiger partial charge in [0.25, 0.3) is 0 Å². The van der Waals surface area contributed by atoms with E-state index in [9.17, 15) is 9.18 Å². The summed E-state index contributed by atoms with van der Waals surface area (Å²) in [6.45, 7) is 1.47. The lowest BCUT2D eigenvalue weighted by Crippen LogP contribution is -2.39. The molecule has 0 saturated carbocycles. The maximum Gasteiger partial charge on any atom is 0.222 e. The van der Waals surface area contributed by atoms with Crippen LogP contribution in [-0.2, 0) is 11.2 Å². The van der Waals surface area contributed by atoms with Crippen molar-refractivity contribution in [2.45, 2.75) is 31.6 Å². The highest BCUT2D eigenvalue weighted by Crippen LogP contribution is 2.28. The van der Waals surface area contributed by atoms with Crippen LogP contribution in [0.1, 0.15) is 36.4 Å². The van der Waals surface area contributed by atoms with E-state index in [4.69, 9.17) is 9.72 Å². The molecule has 0 N–H and O–H groups in total. The van der Waals surface area contributed by atoms with Gasteiger partial charge in [-0.25, -0.2) is 4.39 Å². The standard InChI is InChI=1S/C26H27FN2O2/c1-31-23-13-10-19(11-14-23)12-15-26(30)29-16-4-6-21(18-29)25-9-3-8-24(28-25)20-5-2-7-22(27)17-20/h2-3,5,7-11,13-14,17,21H,4,6,12,15-16,18H2,1H3. The molecule has 31 heavy (non-hydrogen) atoms. The number of likely N-dealkylation sites (tertiary alicyclic amines) is 1. The van der Waals surface area contributed by atoms with Crippen molar-refractivity contribution < 1.29 is 13.9 Å². The summed E-state index contributed by atoms with van der Waals surface area (Å²) in [5.41, 5.74) is 3.63. The van der Waals surface area contributed by atoms with E-state index in [0.29, 0.717) is 13.0 Å². The number of methoxy groups -OCH3 is 1. The minimum Gasteiger partial charge on any atom is -0.497 e. The number of piperidine rings is 1. The second-order valence-electron chi connectivity index (χ2n) is 7.99. The van der Waals surface area contributed by atoms with Crippen LogP contribution in [0.25, 0.3) is 11.3 Å². The SMILES string of the molecule is COc1ccc(CCC(=O)N2CCCC(c3cccc(-c4cccc(F)c4)n3)C2)cc1. The highest BCUT2D eigenvalue weighted by molar-refractivity contribution is 5.76. The molecule has 1 amide bonds. The number of aromatic nitrogens is 1. The zero-order chi connectivity index (χ0) is 21.6. The van der Waals surface area contributed by atoms with Crippen LogP contribution >= 0.6 is 0 Å². The van der Waals surface area contributed by atoms with Gasteiger partial charge >= 0.3 is 0 Å². The van der Waals surface area contributed by atoms with E-state index in [1.807, 2.05) is 53.4 Å². The Morgan fingerprint density at radius 3 is 2.71 bits per heavy atom. The van der Waals surface area contributed by atoms with Crippen LogP contribution in [-0.4, -0.2) is 36.0 Å².